The lowest BCUT2D eigenvalue weighted by Crippen LogP contribution is -2.12. The standard InChI is InChI=1S/C18H20ClN5O/c1-12-18(19)13(2)24(22-12)16-7-5-15(6-8-16)21-17(25)9-4-14-10-20-23(3)11-14/h5-8,10-11H,4,9H2,1-3H3,(H,21,25). The summed E-state index contributed by atoms with van der Waals surface area (Å²) >= 11 is 6.19. The number of aryl methyl sites for hydroxylation is 3. The van der Waals surface area contributed by atoms with Crippen LogP contribution in [-0.4, -0.2) is 25.5 Å². The predicted octanol–water partition coefficient (Wildman–Crippen LogP) is 3.45. The molecule has 0 atom stereocenters. The molecule has 7 heteroatoms. The Morgan fingerprint density at radius 3 is 2.52 bits per heavy atom. The van der Waals surface area contributed by atoms with E-state index in [0.29, 0.717) is 17.9 Å². The van der Waals surface area contributed by atoms with E-state index in [1.165, 1.54) is 0 Å². The van der Waals surface area contributed by atoms with E-state index in [4.69, 9.17) is 11.6 Å². The maximum atomic E-state index is 12.1. The van der Waals surface area contributed by atoms with Gasteiger partial charge in [0.25, 0.3) is 0 Å². The number of hydrogen-bond acceptors (Lipinski definition) is 3. The summed E-state index contributed by atoms with van der Waals surface area (Å²) in [5.41, 5.74) is 4.40. The highest BCUT2D eigenvalue weighted by Gasteiger charge is 2.11. The molecule has 1 amide bonds. The quantitative estimate of drug-likeness (QED) is 0.760. The molecule has 0 radical (unpaired) electrons. The zero-order chi connectivity index (χ0) is 18.0. The number of nitrogens with zero attached hydrogens (tertiary/aromatic N) is 4. The van der Waals surface area contributed by atoms with Crippen molar-refractivity contribution in [3.63, 3.8) is 0 Å². The SMILES string of the molecule is Cc1nn(-c2ccc(NC(=O)CCc3cnn(C)c3)cc2)c(C)c1Cl. The largest absolute Gasteiger partial charge is 0.326 e. The van der Waals surface area contributed by atoms with Gasteiger partial charge in [-0.25, -0.2) is 4.68 Å². The van der Waals surface area contributed by atoms with Crippen molar-refractivity contribution in [3.05, 3.63) is 58.6 Å². The van der Waals surface area contributed by atoms with Crippen LogP contribution in [0.5, 0.6) is 0 Å². The molecule has 3 rings (SSSR count). The highest BCUT2D eigenvalue weighted by Crippen LogP contribution is 2.23. The minimum absolute atomic E-state index is 0.0224. The third kappa shape index (κ3) is 3.91. The van der Waals surface area contributed by atoms with Crippen LogP contribution in [0.1, 0.15) is 23.4 Å². The van der Waals surface area contributed by atoms with E-state index in [2.05, 4.69) is 15.5 Å². The third-order valence-electron chi connectivity index (χ3n) is 4.00. The van der Waals surface area contributed by atoms with Gasteiger partial charge in [0, 0.05) is 25.4 Å². The van der Waals surface area contributed by atoms with Gasteiger partial charge in [-0.15, -0.1) is 0 Å². The third-order valence-corrected chi connectivity index (χ3v) is 4.54. The maximum absolute atomic E-state index is 12.1. The molecule has 0 bridgehead atoms. The van der Waals surface area contributed by atoms with Gasteiger partial charge < -0.3 is 5.32 Å². The number of carbonyl (C=O) groups is 1. The monoisotopic (exact) mass is 357 g/mol. The number of amides is 1. The van der Waals surface area contributed by atoms with Crippen molar-refractivity contribution in [2.45, 2.75) is 26.7 Å². The lowest BCUT2D eigenvalue weighted by Gasteiger charge is -2.08. The van der Waals surface area contributed by atoms with Crippen molar-refractivity contribution in [3.8, 4) is 5.69 Å². The van der Waals surface area contributed by atoms with Crippen LogP contribution in [0.3, 0.4) is 0 Å². The van der Waals surface area contributed by atoms with E-state index >= 15 is 0 Å². The lowest BCUT2D eigenvalue weighted by molar-refractivity contribution is -0.116. The molecule has 0 aliphatic rings. The van der Waals surface area contributed by atoms with Gasteiger partial charge in [-0.2, -0.15) is 10.2 Å². The van der Waals surface area contributed by atoms with Crippen molar-refractivity contribution in [2.75, 3.05) is 5.32 Å². The summed E-state index contributed by atoms with van der Waals surface area (Å²) < 4.78 is 3.53. The Hall–Kier alpha value is -2.60. The number of carbonyl (C=O) groups excluding carboxylic acids is 1. The number of aromatic nitrogens is 4. The van der Waals surface area contributed by atoms with Crippen molar-refractivity contribution >= 4 is 23.2 Å². The molecule has 0 saturated heterocycles. The number of halogens is 1. The van der Waals surface area contributed by atoms with Crippen molar-refractivity contribution < 1.29 is 4.79 Å². The van der Waals surface area contributed by atoms with Crippen LogP contribution in [0.2, 0.25) is 5.02 Å². The summed E-state index contributed by atoms with van der Waals surface area (Å²) in [7, 11) is 1.86. The molecule has 130 valence electrons. The molecule has 3 aromatic rings. The van der Waals surface area contributed by atoms with Crippen LogP contribution in [0.4, 0.5) is 5.69 Å². The van der Waals surface area contributed by atoms with Crippen LogP contribution < -0.4 is 5.32 Å². The molecule has 2 heterocycles. The summed E-state index contributed by atoms with van der Waals surface area (Å²) in [6.45, 7) is 3.80. The molecule has 0 unspecified atom stereocenters. The molecular formula is C18H20ClN5O. The van der Waals surface area contributed by atoms with Crippen LogP contribution >= 0.6 is 11.6 Å². The first-order valence-corrected chi connectivity index (χ1v) is 8.41. The highest BCUT2D eigenvalue weighted by molar-refractivity contribution is 6.31. The van der Waals surface area contributed by atoms with Crippen molar-refractivity contribution in [1.82, 2.24) is 19.6 Å². The van der Waals surface area contributed by atoms with Crippen molar-refractivity contribution in [1.29, 1.82) is 0 Å². The van der Waals surface area contributed by atoms with E-state index in [1.807, 2.05) is 51.4 Å². The number of rotatable bonds is 5. The summed E-state index contributed by atoms with van der Waals surface area (Å²) in [4.78, 5) is 12.1. The molecule has 0 spiro atoms. The minimum atomic E-state index is -0.0224. The first kappa shape index (κ1) is 17.2. The fraction of sp³-hybridized carbons (Fsp3) is 0.278. The number of anilines is 1. The highest BCUT2D eigenvalue weighted by atomic mass is 35.5. The van der Waals surface area contributed by atoms with Crippen LogP contribution in [-0.2, 0) is 18.3 Å². The van der Waals surface area contributed by atoms with E-state index in [0.717, 1.165) is 28.3 Å². The van der Waals surface area contributed by atoms with Crippen molar-refractivity contribution in [2.24, 2.45) is 7.05 Å². The second kappa shape index (κ2) is 7.11. The van der Waals surface area contributed by atoms with E-state index in [-0.39, 0.29) is 5.91 Å². The Balaban J connectivity index is 1.62. The van der Waals surface area contributed by atoms with Gasteiger partial charge in [0.2, 0.25) is 5.91 Å². The Morgan fingerprint density at radius 2 is 1.96 bits per heavy atom. The first-order chi connectivity index (χ1) is 11.9. The molecule has 1 N–H and O–H groups in total. The Kier molecular flexibility index (Phi) is 4.90. The lowest BCUT2D eigenvalue weighted by atomic mass is 10.2. The molecule has 25 heavy (non-hydrogen) atoms. The molecule has 1 aromatic carbocycles. The molecule has 0 fully saturated rings. The molecule has 0 aliphatic carbocycles. The smallest absolute Gasteiger partial charge is 0.224 e. The summed E-state index contributed by atoms with van der Waals surface area (Å²) in [6.07, 6.45) is 4.78. The second-order valence-electron chi connectivity index (χ2n) is 6.01. The first-order valence-electron chi connectivity index (χ1n) is 8.03. The minimum Gasteiger partial charge on any atom is -0.326 e. The molecule has 0 saturated carbocycles. The van der Waals surface area contributed by atoms with E-state index < -0.39 is 0 Å². The fourth-order valence-corrected chi connectivity index (χ4v) is 2.76. The zero-order valence-electron chi connectivity index (χ0n) is 14.5. The Bertz CT molecular complexity index is 895. The molecule has 2 aromatic heterocycles. The maximum Gasteiger partial charge on any atom is 0.224 e. The van der Waals surface area contributed by atoms with Crippen LogP contribution in [0, 0.1) is 13.8 Å². The number of nitrogens with one attached hydrogen (secondary N) is 1. The molecule has 6 nitrogen and oxygen atoms in total. The summed E-state index contributed by atoms with van der Waals surface area (Å²) in [5, 5.41) is 12.1. The van der Waals surface area contributed by atoms with Gasteiger partial charge in [0.1, 0.15) is 0 Å². The Morgan fingerprint density at radius 1 is 1.24 bits per heavy atom. The fourth-order valence-electron chi connectivity index (χ4n) is 2.64. The van der Waals surface area contributed by atoms with Gasteiger partial charge in [-0.3, -0.25) is 9.48 Å². The van der Waals surface area contributed by atoms with Gasteiger partial charge >= 0.3 is 0 Å². The van der Waals surface area contributed by atoms with Gasteiger partial charge in [0.15, 0.2) is 0 Å². The van der Waals surface area contributed by atoms with E-state index in [1.54, 1.807) is 15.6 Å². The summed E-state index contributed by atoms with van der Waals surface area (Å²) in [5.74, 6) is -0.0224. The molecule has 0 aliphatic heterocycles. The van der Waals surface area contributed by atoms with Gasteiger partial charge in [0.05, 0.1) is 28.3 Å². The number of hydrogen-bond donors (Lipinski definition) is 1. The number of benzene rings is 1. The predicted molar refractivity (Wildman–Crippen MR) is 98.2 cm³/mol. The molecular weight excluding hydrogens is 338 g/mol. The second-order valence-corrected chi connectivity index (χ2v) is 6.39. The van der Waals surface area contributed by atoms with Crippen LogP contribution in [0.25, 0.3) is 5.69 Å². The normalized spacial score (nSPS) is 10.9. The van der Waals surface area contributed by atoms with Gasteiger partial charge in [-0.1, -0.05) is 11.6 Å². The topological polar surface area (TPSA) is 64.7 Å². The Labute approximate surface area is 151 Å². The average Bonchev–Trinajstić information content (AvgIpc) is 3.12. The zero-order valence-corrected chi connectivity index (χ0v) is 15.2. The van der Waals surface area contributed by atoms with Crippen LogP contribution in [0.15, 0.2) is 36.7 Å². The van der Waals surface area contributed by atoms with E-state index in [9.17, 15) is 4.79 Å². The average molecular weight is 358 g/mol. The summed E-state index contributed by atoms with van der Waals surface area (Å²) in [6, 6.07) is 7.54. The van der Waals surface area contributed by atoms with Gasteiger partial charge in [-0.05, 0) is 50.1 Å².